The number of benzene rings is 3. The Balaban J connectivity index is 1.62. The number of aromatic nitrogens is 2. The third-order valence-corrected chi connectivity index (χ3v) is 5.39. The lowest BCUT2D eigenvalue weighted by Crippen LogP contribution is -2.27. The number of halogens is 1. The average Bonchev–Trinajstić information content (AvgIpc) is 2.81. The second-order valence-corrected chi connectivity index (χ2v) is 7.58. The summed E-state index contributed by atoms with van der Waals surface area (Å²) in [6.45, 7) is 0.799. The molecule has 0 N–H and O–H groups in total. The summed E-state index contributed by atoms with van der Waals surface area (Å²) in [5, 5.41) is 6.30. The summed E-state index contributed by atoms with van der Waals surface area (Å²) in [5.41, 5.74) is 1.51. The summed E-state index contributed by atoms with van der Waals surface area (Å²) in [6, 6.07) is 19.4. The highest BCUT2D eigenvalue weighted by molar-refractivity contribution is 6.30. The molecule has 0 saturated carbocycles. The third-order valence-electron chi connectivity index (χ3n) is 5.14. The van der Waals surface area contributed by atoms with Crippen LogP contribution in [0.3, 0.4) is 0 Å². The summed E-state index contributed by atoms with van der Waals surface area (Å²) in [5.74, 6) is 1.07. The van der Waals surface area contributed by atoms with Crippen molar-refractivity contribution in [3.05, 3.63) is 87.7 Å². The fraction of sp³-hybridized carbons (Fsp3) is 0.125. The molecule has 0 radical (unpaired) electrons. The number of carbonyl (C=O) groups is 1. The summed E-state index contributed by atoms with van der Waals surface area (Å²) >= 11 is 5.91. The fourth-order valence-corrected chi connectivity index (χ4v) is 3.74. The van der Waals surface area contributed by atoms with Gasteiger partial charge in [0.1, 0.15) is 19.8 Å². The lowest BCUT2D eigenvalue weighted by atomic mass is 10.0. The second-order valence-electron chi connectivity index (χ2n) is 7.15. The van der Waals surface area contributed by atoms with Gasteiger partial charge in [0.2, 0.25) is 0 Å². The van der Waals surface area contributed by atoms with E-state index in [-0.39, 0.29) is 17.9 Å². The number of Topliss-reactive ketones (excluding diaryl/α,β-unsaturated/α-hetero) is 1. The van der Waals surface area contributed by atoms with Gasteiger partial charge in [-0.05, 0) is 48.5 Å². The van der Waals surface area contributed by atoms with E-state index in [1.54, 1.807) is 36.4 Å². The van der Waals surface area contributed by atoms with Crippen molar-refractivity contribution in [3.63, 3.8) is 0 Å². The zero-order valence-corrected chi connectivity index (χ0v) is 17.1. The Morgan fingerprint density at radius 1 is 0.935 bits per heavy atom. The quantitative estimate of drug-likeness (QED) is 0.448. The molecule has 0 spiro atoms. The standard InChI is InChI=1S/C24H17ClN2O4/c25-17-8-5-15(6-9-17)20(28)14-27-24(29)19-4-2-1-3-18(19)23(26-27)16-7-10-21-22(13-16)31-12-11-30-21/h1-10,13H,11-12,14H2. The zero-order chi connectivity index (χ0) is 21.4. The summed E-state index contributed by atoms with van der Waals surface area (Å²) in [6.07, 6.45) is 0. The molecule has 1 aromatic heterocycles. The van der Waals surface area contributed by atoms with Crippen molar-refractivity contribution < 1.29 is 14.3 Å². The monoisotopic (exact) mass is 432 g/mol. The Hall–Kier alpha value is -3.64. The van der Waals surface area contributed by atoms with Crippen LogP contribution in [0.15, 0.2) is 71.5 Å². The van der Waals surface area contributed by atoms with E-state index in [1.165, 1.54) is 4.68 Å². The molecule has 6 nitrogen and oxygen atoms in total. The van der Waals surface area contributed by atoms with Crippen LogP contribution in [0.1, 0.15) is 10.4 Å². The van der Waals surface area contributed by atoms with Crippen LogP contribution >= 0.6 is 11.6 Å². The molecule has 0 amide bonds. The molecule has 7 heteroatoms. The van der Waals surface area contributed by atoms with Crippen molar-refractivity contribution in [2.75, 3.05) is 13.2 Å². The Bertz CT molecular complexity index is 1360. The topological polar surface area (TPSA) is 70.4 Å². The number of carbonyl (C=O) groups excluding carboxylic acids is 1. The van der Waals surface area contributed by atoms with E-state index in [1.807, 2.05) is 30.3 Å². The highest BCUT2D eigenvalue weighted by Gasteiger charge is 2.18. The van der Waals surface area contributed by atoms with Gasteiger partial charge in [-0.2, -0.15) is 5.10 Å². The molecule has 5 rings (SSSR count). The number of rotatable bonds is 4. The van der Waals surface area contributed by atoms with Crippen molar-refractivity contribution in [3.8, 4) is 22.8 Å². The van der Waals surface area contributed by atoms with E-state index in [4.69, 9.17) is 21.1 Å². The molecule has 154 valence electrons. The van der Waals surface area contributed by atoms with Gasteiger partial charge in [-0.15, -0.1) is 0 Å². The van der Waals surface area contributed by atoms with Crippen molar-refractivity contribution in [1.82, 2.24) is 9.78 Å². The highest BCUT2D eigenvalue weighted by Crippen LogP contribution is 2.35. The molecule has 0 fully saturated rings. The van der Waals surface area contributed by atoms with Crippen molar-refractivity contribution in [1.29, 1.82) is 0 Å². The first kappa shape index (κ1) is 19.3. The SMILES string of the molecule is O=C(Cn1nc(-c2ccc3c(c2)OCCO3)c2ccccc2c1=O)c1ccc(Cl)cc1. The van der Waals surface area contributed by atoms with Crippen LogP contribution in [-0.2, 0) is 6.54 Å². The van der Waals surface area contributed by atoms with Gasteiger partial charge in [0.05, 0.1) is 11.1 Å². The Morgan fingerprint density at radius 3 is 2.42 bits per heavy atom. The van der Waals surface area contributed by atoms with Crippen molar-refractivity contribution >= 4 is 28.2 Å². The van der Waals surface area contributed by atoms with Crippen LogP contribution in [-0.4, -0.2) is 28.8 Å². The van der Waals surface area contributed by atoms with Gasteiger partial charge in [0.25, 0.3) is 5.56 Å². The van der Waals surface area contributed by atoms with E-state index in [9.17, 15) is 9.59 Å². The summed E-state index contributed by atoms with van der Waals surface area (Å²) < 4.78 is 12.5. The van der Waals surface area contributed by atoms with Crippen LogP contribution in [0, 0.1) is 0 Å². The number of nitrogens with zero attached hydrogens (tertiary/aromatic N) is 2. The predicted octanol–water partition coefficient (Wildman–Crippen LogP) is 4.37. The molecule has 4 aromatic rings. The maximum Gasteiger partial charge on any atom is 0.275 e. The van der Waals surface area contributed by atoms with Crippen molar-refractivity contribution in [2.24, 2.45) is 0 Å². The van der Waals surface area contributed by atoms with E-state index < -0.39 is 0 Å². The molecule has 0 unspecified atom stereocenters. The molecule has 2 heterocycles. The maximum atomic E-state index is 13.0. The maximum absolute atomic E-state index is 13.0. The van der Waals surface area contributed by atoms with Gasteiger partial charge in [-0.1, -0.05) is 29.8 Å². The van der Waals surface area contributed by atoms with Crippen LogP contribution in [0.25, 0.3) is 22.0 Å². The number of hydrogen-bond acceptors (Lipinski definition) is 5. The van der Waals surface area contributed by atoms with Crippen molar-refractivity contribution in [2.45, 2.75) is 6.54 Å². The van der Waals surface area contributed by atoms with Crippen LogP contribution < -0.4 is 15.0 Å². The zero-order valence-electron chi connectivity index (χ0n) is 16.4. The lowest BCUT2D eigenvalue weighted by Gasteiger charge is -2.19. The van der Waals surface area contributed by atoms with Gasteiger partial charge < -0.3 is 9.47 Å². The largest absolute Gasteiger partial charge is 0.486 e. The predicted molar refractivity (Wildman–Crippen MR) is 118 cm³/mol. The number of hydrogen-bond donors (Lipinski definition) is 0. The first-order chi connectivity index (χ1) is 15.1. The minimum atomic E-state index is -0.320. The van der Waals surface area contributed by atoms with Crippen LogP contribution in [0.2, 0.25) is 5.02 Å². The minimum Gasteiger partial charge on any atom is -0.486 e. The van der Waals surface area contributed by atoms with E-state index >= 15 is 0 Å². The molecule has 0 aliphatic carbocycles. The first-order valence-corrected chi connectivity index (χ1v) is 10.2. The molecule has 0 bridgehead atoms. The number of ether oxygens (including phenoxy) is 2. The molecular formula is C24H17ClN2O4. The molecule has 1 aliphatic heterocycles. The number of fused-ring (bicyclic) bond motifs is 2. The van der Waals surface area contributed by atoms with E-state index in [2.05, 4.69) is 5.10 Å². The van der Waals surface area contributed by atoms with Gasteiger partial charge in [0, 0.05) is 21.5 Å². The van der Waals surface area contributed by atoms with Gasteiger partial charge in [0.15, 0.2) is 17.3 Å². The highest BCUT2D eigenvalue weighted by atomic mass is 35.5. The van der Waals surface area contributed by atoms with Crippen LogP contribution in [0.4, 0.5) is 0 Å². The average molecular weight is 433 g/mol. The summed E-state index contributed by atoms with van der Waals surface area (Å²) in [4.78, 5) is 25.8. The fourth-order valence-electron chi connectivity index (χ4n) is 3.61. The molecule has 3 aromatic carbocycles. The Kier molecular flexibility index (Phi) is 4.92. The molecule has 0 atom stereocenters. The normalized spacial score (nSPS) is 12.7. The third kappa shape index (κ3) is 3.66. The molecule has 31 heavy (non-hydrogen) atoms. The molecule has 0 saturated heterocycles. The second kappa shape index (κ2) is 7.89. The van der Waals surface area contributed by atoms with Gasteiger partial charge >= 0.3 is 0 Å². The Morgan fingerprint density at radius 2 is 1.65 bits per heavy atom. The lowest BCUT2D eigenvalue weighted by molar-refractivity contribution is 0.0966. The molecule has 1 aliphatic rings. The van der Waals surface area contributed by atoms with Crippen LogP contribution in [0.5, 0.6) is 11.5 Å². The smallest absolute Gasteiger partial charge is 0.275 e. The molecular weight excluding hydrogens is 416 g/mol. The van der Waals surface area contributed by atoms with E-state index in [0.29, 0.717) is 51.8 Å². The van der Waals surface area contributed by atoms with Gasteiger partial charge in [-0.25, -0.2) is 4.68 Å². The van der Waals surface area contributed by atoms with E-state index in [0.717, 1.165) is 5.56 Å². The van der Waals surface area contributed by atoms with Gasteiger partial charge in [-0.3, -0.25) is 9.59 Å². The number of ketones is 1. The first-order valence-electron chi connectivity index (χ1n) is 9.79. The Labute approximate surface area is 182 Å². The minimum absolute atomic E-state index is 0.178. The summed E-state index contributed by atoms with van der Waals surface area (Å²) in [7, 11) is 0.